The monoisotopic (exact) mass is 248 g/mol. The van der Waals surface area contributed by atoms with Gasteiger partial charge in [0.25, 0.3) is 0 Å². The summed E-state index contributed by atoms with van der Waals surface area (Å²) in [4.78, 5) is 16.0. The van der Waals surface area contributed by atoms with Gasteiger partial charge in [-0.1, -0.05) is 27.7 Å². The van der Waals surface area contributed by atoms with Gasteiger partial charge in [0.1, 0.15) is 5.82 Å². The van der Waals surface area contributed by atoms with E-state index in [0.29, 0.717) is 18.2 Å². The molecule has 0 aliphatic heterocycles. The smallest absolute Gasteiger partial charge is 0.225 e. The number of carbonyl (C=O) groups excluding carboxylic acids is 1. The molecule has 0 aliphatic carbocycles. The lowest BCUT2D eigenvalue weighted by molar-refractivity contribution is -0.117. The number of aromatic nitrogens is 1. The van der Waals surface area contributed by atoms with Crippen molar-refractivity contribution in [1.82, 2.24) is 4.98 Å². The van der Waals surface area contributed by atoms with Crippen molar-refractivity contribution in [2.75, 3.05) is 5.32 Å². The van der Waals surface area contributed by atoms with Crippen LogP contribution in [0, 0.1) is 18.3 Å². The maximum absolute atomic E-state index is 11.9. The summed E-state index contributed by atoms with van der Waals surface area (Å²) in [7, 11) is 0. The second kappa shape index (κ2) is 5.98. The van der Waals surface area contributed by atoms with Gasteiger partial charge in [-0.3, -0.25) is 4.79 Å². The van der Waals surface area contributed by atoms with Gasteiger partial charge in [0.15, 0.2) is 0 Å². The highest BCUT2D eigenvalue weighted by atomic mass is 16.1. The van der Waals surface area contributed by atoms with Crippen LogP contribution in [0.4, 0.5) is 5.82 Å². The number of aryl methyl sites for hydroxylation is 1. The zero-order valence-electron chi connectivity index (χ0n) is 12.1. The number of hydrogen-bond acceptors (Lipinski definition) is 2. The number of carbonyl (C=O) groups is 1. The van der Waals surface area contributed by atoms with E-state index in [1.165, 1.54) is 0 Å². The standard InChI is InChI=1S/C15H24N2O/c1-11-6-7-16-13(8-11)17-14(18)9-12(2)10-15(3,4)5/h6-8,12H,9-10H2,1-5H3,(H,16,17,18). The number of anilines is 1. The zero-order chi connectivity index (χ0) is 13.8. The maximum Gasteiger partial charge on any atom is 0.225 e. The molecule has 1 heterocycles. The predicted octanol–water partition coefficient (Wildman–Crippen LogP) is 3.79. The average Bonchev–Trinajstić information content (AvgIpc) is 2.13. The summed E-state index contributed by atoms with van der Waals surface area (Å²) < 4.78 is 0. The molecule has 1 N–H and O–H groups in total. The van der Waals surface area contributed by atoms with Crippen molar-refractivity contribution in [3.63, 3.8) is 0 Å². The third kappa shape index (κ3) is 5.80. The Hall–Kier alpha value is -1.38. The summed E-state index contributed by atoms with van der Waals surface area (Å²) >= 11 is 0. The summed E-state index contributed by atoms with van der Waals surface area (Å²) in [5.74, 6) is 1.07. The Morgan fingerprint density at radius 2 is 2.11 bits per heavy atom. The minimum absolute atomic E-state index is 0.0462. The van der Waals surface area contributed by atoms with Crippen LogP contribution in [0.25, 0.3) is 0 Å². The first-order chi connectivity index (χ1) is 8.26. The van der Waals surface area contributed by atoms with Crippen molar-refractivity contribution in [2.45, 2.75) is 47.5 Å². The molecule has 0 spiro atoms. The van der Waals surface area contributed by atoms with Crippen molar-refractivity contribution in [3.8, 4) is 0 Å². The summed E-state index contributed by atoms with van der Waals surface area (Å²) in [6.45, 7) is 10.7. The minimum Gasteiger partial charge on any atom is -0.311 e. The van der Waals surface area contributed by atoms with E-state index < -0.39 is 0 Å². The van der Waals surface area contributed by atoms with Crippen LogP contribution in [0.1, 0.15) is 46.1 Å². The fraction of sp³-hybridized carbons (Fsp3) is 0.600. The van der Waals surface area contributed by atoms with Gasteiger partial charge in [-0.15, -0.1) is 0 Å². The van der Waals surface area contributed by atoms with Gasteiger partial charge in [0.05, 0.1) is 0 Å². The van der Waals surface area contributed by atoms with E-state index in [0.717, 1.165) is 12.0 Å². The molecule has 0 radical (unpaired) electrons. The molecule has 18 heavy (non-hydrogen) atoms. The summed E-state index contributed by atoms with van der Waals surface area (Å²) in [5.41, 5.74) is 1.37. The molecule has 1 atom stereocenters. The lowest BCUT2D eigenvalue weighted by Gasteiger charge is -2.22. The maximum atomic E-state index is 11.9. The molecule has 1 rings (SSSR count). The van der Waals surface area contributed by atoms with Crippen LogP contribution in [0.5, 0.6) is 0 Å². The number of rotatable bonds is 4. The van der Waals surface area contributed by atoms with E-state index in [4.69, 9.17) is 0 Å². The summed E-state index contributed by atoms with van der Waals surface area (Å²) in [5, 5.41) is 2.85. The number of amides is 1. The molecule has 1 aromatic heterocycles. The van der Waals surface area contributed by atoms with Crippen LogP contribution in [-0.2, 0) is 4.79 Å². The Morgan fingerprint density at radius 1 is 1.44 bits per heavy atom. The van der Waals surface area contributed by atoms with Crippen molar-refractivity contribution in [1.29, 1.82) is 0 Å². The van der Waals surface area contributed by atoms with Gasteiger partial charge < -0.3 is 5.32 Å². The number of pyridine rings is 1. The Bertz CT molecular complexity index is 407. The lowest BCUT2D eigenvalue weighted by Crippen LogP contribution is -2.19. The molecule has 100 valence electrons. The van der Waals surface area contributed by atoms with Crippen LogP contribution in [0.3, 0.4) is 0 Å². The van der Waals surface area contributed by atoms with Gasteiger partial charge in [-0.05, 0) is 42.4 Å². The molecule has 0 saturated heterocycles. The van der Waals surface area contributed by atoms with E-state index in [-0.39, 0.29) is 11.3 Å². The van der Waals surface area contributed by atoms with Gasteiger partial charge in [0.2, 0.25) is 5.91 Å². The molecule has 1 unspecified atom stereocenters. The fourth-order valence-corrected chi connectivity index (χ4v) is 2.23. The highest BCUT2D eigenvalue weighted by Gasteiger charge is 2.17. The van der Waals surface area contributed by atoms with Crippen LogP contribution in [-0.4, -0.2) is 10.9 Å². The third-order valence-corrected chi connectivity index (χ3v) is 2.68. The van der Waals surface area contributed by atoms with E-state index >= 15 is 0 Å². The van der Waals surface area contributed by atoms with E-state index in [9.17, 15) is 4.79 Å². The van der Waals surface area contributed by atoms with Gasteiger partial charge in [0, 0.05) is 12.6 Å². The molecule has 1 aromatic rings. The topological polar surface area (TPSA) is 42.0 Å². The highest BCUT2D eigenvalue weighted by Crippen LogP contribution is 2.26. The SMILES string of the molecule is Cc1ccnc(NC(=O)CC(C)CC(C)(C)C)c1. The first kappa shape index (κ1) is 14.7. The average molecular weight is 248 g/mol. The quantitative estimate of drug-likeness (QED) is 0.880. The van der Waals surface area contributed by atoms with Gasteiger partial charge >= 0.3 is 0 Å². The second-order valence-electron chi connectivity index (χ2n) is 6.34. The first-order valence-electron chi connectivity index (χ1n) is 6.49. The summed E-state index contributed by atoms with van der Waals surface area (Å²) in [6, 6.07) is 3.80. The fourth-order valence-electron chi connectivity index (χ4n) is 2.23. The van der Waals surface area contributed by atoms with Crippen molar-refractivity contribution in [2.24, 2.45) is 11.3 Å². The molecule has 0 aromatic carbocycles. The van der Waals surface area contributed by atoms with E-state index in [2.05, 4.69) is 38.0 Å². The van der Waals surface area contributed by atoms with Crippen molar-refractivity contribution >= 4 is 11.7 Å². The van der Waals surface area contributed by atoms with Crippen LogP contribution < -0.4 is 5.32 Å². The number of nitrogens with one attached hydrogen (secondary N) is 1. The van der Waals surface area contributed by atoms with E-state index in [1.807, 2.05) is 19.1 Å². The van der Waals surface area contributed by atoms with Gasteiger partial charge in [-0.2, -0.15) is 0 Å². The van der Waals surface area contributed by atoms with Crippen LogP contribution in [0.15, 0.2) is 18.3 Å². The lowest BCUT2D eigenvalue weighted by atomic mass is 9.84. The van der Waals surface area contributed by atoms with Crippen LogP contribution >= 0.6 is 0 Å². The number of hydrogen-bond donors (Lipinski definition) is 1. The van der Waals surface area contributed by atoms with E-state index in [1.54, 1.807) is 6.20 Å². The normalized spacial score (nSPS) is 13.2. The Balaban J connectivity index is 2.47. The Morgan fingerprint density at radius 3 is 2.67 bits per heavy atom. The highest BCUT2D eigenvalue weighted by molar-refractivity contribution is 5.89. The molecular formula is C15H24N2O. The van der Waals surface area contributed by atoms with Gasteiger partial charge in [-0.25, -0.2) is 4.98 Å². The van der Waals surface area contributed by atoms with Crippen molar-refractivity contribution in [3.05, 3.63) is 23.9 Å². The number of nitrogens with zero attached hydrogens (tertiary/aromatic N) is 1. The molecule has 0 bridgehead atoms. The minimum atomic E-state index is 0.0462. The predicted molar refractivity (Wildman–Crippen MR) is 75.5 cm³/mol. The molecule has 3 heteroatoms. The molecular weight excluding hydrogens is 224 g/mol. The molecule has 0 saturated carbocycles. The molecule has 3 nitrogen and oxygen atoms in total. The molecule has 0 fully saturated rings. The van der Waals surface area contributed by atoms with Crippen molar-refractivity contribution < 1.29 is 4.79 Å². The second-order valence-corrected chi connectivity index (χ2v) is 6.34. The first-order valence-corrected chi connectivity index (χ1v) is 6.49. The largest absolute Gasteiger partial charge is 0.311 e. The Labute approximate surface area is 110 Å². The Kier molecular flexibility index (Phi) is 4.88. The molecule has 0 aliphatic rings. The molecule has 1 amide bonds. The third-order valence-electron chi connectivity index (χ3n) is 2.68. The summed E-state index contributed by atoms with van der Waals surface area (Å²) in [6.07, 6.45) is 3.30. The zero-order valence-corrected chi connectivity index (χ0v) is 12.1. The van der Waals surface area contributed by atoms with Crippen LogP contribution in [0.2, 0.25) is 0 Å².